The summed E-state index contributed by atoms with van der Waals surface area (Å²) in [5.41, 5.74) is 0.0823. The zero-order chi connectivity index (χ0) is 21.5. The molecular weight excluding hydrogens is 382 g/mol. The minimum absolute atomic E-state index is 0.0124. The third kappa shape index (κ3) is 5.75. The summed E-state index contributed by atoms with van der Waals surface area (Å²) >= 11 is 0. The molecule has 170 valence electrons. The zero-order valence-electron chi connectivity index (χ0n) is 18.8. The van der Waals surface area contributed by atoms with Gasteiger partial charge in [-0.3, -0.25) is 0 Å². The van der Waals surface area contributed by atoms with Crippen LogP contribution in [-0.2, 0) is 0 Å². The first-order chi connectivity index (χ1) is 14.5. The molecule has 1 N–H and O–H groups in total. The van der Waals surface area contributed by atoms with E-state index in [1.165, 1.54) is 50.7 Å². The van der Waals surface area contributed by atoms with E-state index in [0.29, 0.717) is 6.61 Å². The van der Waals surface area contributed by atoms with Crippen LogP contribution in [0.25, 0.3) is 0 Å². The number of hydrogen-bond donors (Lipinski definition) is 1. The second kappa shape index (κ2) is 11.5. The molecule has 1 aromatic carbocycles. The number of rotatable bonds is 9. The van der Waals surface area contributed by atoms with Crippen LogP contribution in [0.1, 0.15) is 103 Å². The predicted molar refractivity (Wildman–Crippen MR) is 118 cm³/mol. The van der Waals surface area contributed by atoms with Gasteiger partial charge in [-0.25, -0.2) is 4.39 Å². The van der Waals surface area contributed by atoms with E-state index >= 15 is 0 Å². The van der Waals surface area contributed by atoms with Crippen molar-refractivity contribution in [3.8, 4) is 5.75 Å². The molecule has 1 aromatic rings. The molecule has 0 radical (unpaired) electrons. The average Bonchev–Trinajstić information content (AvgIpc) is 2.77. The van der Waals surface area contributed by atoms with Crippen LogP contribution < -0.4 is 4.74 Å². The number of ether oxygens (including phenoxy) is 1. The van der Waals surface area contributed by atoms with Crippen LogP contribution in [0.15, 0.2) is 12.1 Å². The van der Waals surface area contributed by atoms with Crippen LogP contribution in [0.2, 0.25) is 0 Å². The highest BCUT2D eigenvalue weighted by Crippen LogP contribution is 2.45. The van der Waals surface area contributed by atoms with Crippen molar-refractivity contribution in [3.05, 3.63) is 29.3 Å². The van der Waals surface area contributed by atoms with E-state index < -0.39 is 17.7 Å². The van der Waals surface area contributed by atoms with Gasteiger partial charge < -0.3 is 9.84 Å². The van der Waals surface area contributed by atoms with Gasteiger partial charge in [-0.1, -0.05) is 46.0 Å². The highest BCUT2D eigenvalue weighted by Gasteiger charge is 2.34. The van der Waals surface area contributed by atoms with Crippen LogP contribution in [0.5, 0.6) is 5.75 Å². The summed E-state index contributed by atoms with van der Waals surface area (Å²) in [5, 5.41) is 10.8. The molecule has 3 rings (SSSR count). The SMILES string of the molecule is CCCCOc1ccc(C(O)C2CCC(C3CCC(CCC)CC3)CC2)c(F)c1F. The molecule has 2 nitrogen and oxygen atoms in total. The molecule has 0 amide bonds. The molecule has 0 aliphatic heterocycles. The number of halogens is 2. The molecule has 0 bridgehead atoms. The lowest BCUT2D eigenvalue weighted by atomic mass is 9.67. The first kappa shape index (κ1) is 23.5. The van der Waals surface area contributed by atoms with Crippen molar-refractivity contribution in [2.75, 3.05) is 6.61 Å². The van der Waals surface area contributed by atoms with E-state index in [0.717, 1.165) is 56.3 Å². The highest BCUT2D eigenvalue weighted by molar-refractivity contribution is 5.32. The summed E-state index contributed by atoms with van der Waals surface area (Å²) in [4.78, 5) is 0. The van der Waals surface area contributed by atoms with Crippen molar-refractivity contribution in [2.24, 2.45) is 23.7 Å². The molecule has 0 heterocycles. The zero-order valence-corrected chi connectivity index (χ0v) is 18.8. The smallest absolute Gasteiger partial charge is 0.200 e. The van der Waals surface area contributed by atoms with Crippen molar-refractivity contribution >= 4 is 0 Å². The molecule has 1 atom stereocenters. The van der Waals surface area contributed by atoms with Gasteiger partial charge in [0.05, 0.1) is 12.7 Å². The fraction of sp³-hybridized carbons (Fsp3) is 0.769. The molecule has 2 aliphatic carbocycles. The average molecular weight is 423 g/mol. The molecule has 2 fully saturated rings. The minimum Gasteiger partial charge on any atom is -0.490 e. The maximum Gasteiger partial charge on any atom is 0.200 e. The monoisotopic (exact) mass is 422 g/mol. The van der Waals surface area contributed by atoms with Crippen LogP contribution >= 0.6 is 0 Å². The van der Waals surface area contributed by atoms with E-state index in [9.17, 15) is 13.9 Å². The number of unbranched alkanes of at least 4 members (excludes halogenated alkanes) is 1. The molecule has 2 aliphatic rings. The maximum absolute atomic E-state index is 14.6. The summed E-state index contributed by atoms with van der Waals surface area (Å²) in [6.45, 7) is 4.67. The highest BCUT2D eigenvalue weighted by atomic mass is 19.2. The second-order valence-corrected chi connectivity index (χ2v) is 9.67. The second-order valence-electron chi connectivity index (χ2n) is 9.67. The summed E-state index contributed by atoms with van der Waals surface area (Å²) in [7, 11) is 0. The van der Waals surface area contributed by atoms with Gasteiger partial charge in [0.2, 0.25) is 5.82 Å². The van der Waals surface area contributed by atoms with Crippen LogP contribution in [0.3, 0.4) is 0 Å². The lowest BCUT2D eigenvalue weighted by molar-refractivity contribution is 0.0535. The quantitative estimate of drug-likeness (QED) is 0.415. The van der Waals surface area contributed by atoms with Crippen LogP contribution in [0, 0.1) is 35.3 Å². The Morgan fingerprint density at radius 1 is 0.900 bits per heavy atom. The van der Waals surface area contributed by atoms with Gasteiger partial charge in [0.15, 0.2) is 11.6 Å². The van der Waals surface area contributed by atoms with Gasteiger partial charge in [-0.05, 0) is 80.8 Å². The van der Waals surface area contributed by atoms with E-state index in [1.807, 2.05) is 6.92 Å². The fourth-order valence-corrected chi connectivity index (χ4v) is 5.76. The lowest BCUT2D eigenvalue weighted by Gasteiger charge is -2.39. The lowest BCUT2D eigenvalue weighted by Crippen LogP contribution is -2.28. The molecular formula is C26H40F2O2. The van der Waals surface area contributed by atoms with Gasteiger partial charge >= 0.3 is 0 Å². The molecule has 30 heavy (non-hydrogen) atoms. The van der Waals surface area contributed by atoms with E-state index in [-0.39, 0.29) is 17.2 Å². The maximum atomic E-state index is 14.6. The molecule has 4 heteroatoms. The van der Waals surface area contributed by atoms with E-state index in [2.05, 4.69) is 6.92 Å². The Hall–Kier alpha value is -1.16. The van der Waals surface area contributed by atoms with Crippen LogP contribution in [-0.4, -0.2) is 11.7 Å². The Kier molecular flexibility index (Phi) is 8.98. The fourth-order valence-electron chi connectivity index (χ4n) is 5.76. The molecule has 1 unspecified atom stereocenters. The third-order valence-electron chi connectivity index (χ3n) is 7.67. The van der Waals surface area contributed by atoms with Crippen molar-refractivity contribution < 1.29 is 18.6 Å². The Labute approximate surface area is 181 Å². The van der Waals surface area contributed by atoms with Crippen LogP contribution in [0.4, 0.5) is 8.78 Å². The minimum atomic E-state index is -0.972. The van der Waals surface area contributed by atoms with Gasteiger partial charge in [0.25, 0.3) is 0 Å². The topological polar surface area (TPSA) is 29.5 Å². The van der Waals surface area contributed by atoms with Gasteiger partial charge in [-0.15, -0.1) is 0 Å². The Morgan fingerprint density at radius 2 is 1.53 bits per heavy atom. The van der Waals surface area contributed by atoms with Crippen molar-refractivity contribution in [3.63, 3.8) is 0 Å². The van der Waals surface area contributed by atoms with Crippen molar-refractivity contribution in [2.45, 2.75) is 97.0 Å². The molecule has 0 aromatic heterocycles. The first-order valence-corrected chi connectivity index (χ1v) is 12.3. The molecule has 0 spiro atoms. The first-order valence-electron chi connectivity index (χ1n) is 12.3. The summed E-state index contributed by atoms with van der Waals surface area (Å²) in [6.07, 6.45) is 12.9. The van der Waals surface area contributed by atoms with Crippen molar-refractivity contribution in [1.82, 2.24) is 0 Å². The molecule has 2 saturated carbocycles. The predicted octanol–water partition coefficient (Wildman–Crippen LogP) is 7.59. The Bertz CT molecular complexity index is 647. The van der Waals surface area contributed by atoms with E-state index in [1.54, 1.807) is 0 Å². The van der Waals surface area contributed by atoms with Gasteiger partial charge in [-0.2, -0.15) is 4.39 Å². The number of benzene rings is 1. The van der Waals surface area contributed by atoms with Crippen molar-refractivity contribution in [1.29, 1.82) is 0 Å². The largest absolute Gasteiger partial charge is 0.490 e. The third-order valence-corrected chi connectivity index (χ3v) is 7.67. The van der Waals surface area contributed by atoms with E-state index in [4.69, 9.17) is 4.74 Å². The molecule has 0 saturated heterocycles. The summed E-state index contributed by atoms with van der Waals surface area (Å²) in [5.74, 6) is 0.527. The number of aliphatic hydroxyl groups is 1. The van der Waals surface area contributed by atoms with Gasteiger partial charge in [0, 0.05) is 5.56 Å². The summed E-state index contributed by atoms with van der Waals surface area (Å²) < 4.78 is 34.4. The summed E-state index contributed by atoms with van der Waals surface area (Å²) in [6, 6.07) is 2.97. The number of aliphatic hydroxyl groups excluding tert-OH is 1. The Balaban J connectivity index is 1.52. The Morgan fingerprint density at radius 3 is 2.13 bits per heavy atom. The standard InChI is InChI=1S/C26H40F2O2/c1-3-5-17-30-23-16-15-22(24(27)25(23)28)26(29)21-13-11-20(12-14-21)19-9-7-18(6-4-2)8-10-19/h15-16,18-21,26,29H,3-14,17H2,1-2H3. The van der Waals surface area contributed by atoms with Gasteiger partial charge in [0.1, 0.15) is 0 Å². The number of hydrogen-bond acceptors (Lipinski definition) is 2. The normalized spacial score (nSPS) is 28.3.